The number of benzene rings is 2. The van der Waals surface area contributed by atoms with Crippen molar-refractivity contribution in [2.24, 2.45) is 0 Å². The summed E-state index contributed by atoms with van der Waals surface area (Å²) in [7, 11) is 0. The van der Waals surface area contributed by atoms with Crippen LogP contribution in [0.15, 0.2) is 60.9 Å². The molecule has 0 bridgehead atoms. The summed E-state index contributed by atoms with van der Waals surface area (Å²) in [5.74, 6) is 0.740. The first-order chi connectivity index (χ1) is 9.72. The van der Waals surface area contributed by atoms with Gasteiger partial charge in [0.25, 0.3) is 0 Å². The van der Waals surface area contributed by atoms with E-state index < -0.39 is 0 Å². The van der Waals surface area contributed by atoms with Crippen LogP contribution in [0.4, 0.5) is 5.69 Å². The highest BCUT2D eigenvalue weighted by atomic mass is 14.9. The largest absolute Gasteiger partial charge is 0.399 e. The summed E-state index contributed by atoms with van der Waals surface area (Å²) in [6, 6.07) is 15.9. The zero-order valence-electron chi connectivity index (χ0n) is 11.2. The smallest absolute Gasteiger partial charge is 0.159 e. The van der Waals surface area contributed by atoms with Gasteiger partial charge in [0, 0.05) is 29.2 Å². The second-order valence-electron chi connectivity index (χ2n) is 4.78. The monoisotopic (exact) mass is 261 g/mol. The number of aryl methyl sites for hydroxylation is 1. The van der Waals surface area contributed by atoms with E-state index in [2.05, 4.69) is 29.0 Å². The molecule has 0 unspecified atom stereocenters. The van der Waals surface area contributed by atoms with Gasteiger partial charge in [0.1, 0.15) is 0 Å². The van der Waals surface area contributed by atoms with Crippen LogP contribution in [0.1, 0.15) is 5.56 Å². The van der Waals surface area contributed by atoms with Gasteiger partial charge in [-0.25, -0.2) is 9.97 Å². The van der Waals surface area contributed by atoms with E-state index >= 15 is 0 Å². The zero-order valence-corrected chi connectivity index (χ0v) is 11.2. The molecule has 98 valence electrons. The van der Waals surface area contributed by atoms with Crippen molar-refractivity contribution in [2.75, 3.05) is 5.73 Å². The Morgan fingerprint density at radius 3 is 1.85 bits per heavy atom. The molecule has 0 saturated carbocycles. The van der Waals surface area contributed by atoms with Crippen molar-refractivity contribution >= 4 is 5.69 Å². The molecule has 3 aromatic rings. The summed E-state index contributed by atoms with van der Waals surface area (Å²) in [4.78, 5) is 8.87. The fourth-order valence-corrected chi connectivity index (χ4v) is 2.00. The van der Waals surface area contributed by atoms with Gasteiger partial charge in [-0.3, -0.25) is 0 Å². The minimum absolute atomic E-state index is 0.740. The topological polar surface area (TPSA) is 51.8 Å². The molecular formula is C17H15N3. The number of hydrogen-bond donors (Lipinski definition) is 1. The third kappa shape index (κ3) is 2.52. The van der Waals surface area contributed by atoms with Gasteiger partial charge < -0.3 is 5.73 Å². The van der Waals surface area contributed by atoms with Crippen LogP contribution >= 0.6 is 0 Å². The standard InChI is InChI=1S/C17H15N3/c1-12-2-4-14(5-3-12)17-19-10-15(11-20-17)13-6-8-16(18)9-7-13/h2-11H,18H2,1H3. The molecule has 3 heteroatoms. The highest BCUT2D eigenvalue weighted by molar-refractivity contribution is 5.65. The summed E-state index contributed by atoms with van der Waals surface area (Å²) in [6.45, 7) is 2.06. The van der Waals surface area contributed by atoms with Crippen LogP contribution in [0, 0.1) is 6.92 Å². The minimum Gasteiger partial charge on any atom is -0.399 e. The van der Waals surface area contributed by atoms with Crippen LogP contribution in [0.3, 0.4) is 0 Å². The van der Waals surface area contributed by atoms with E-state index in [0.717, 1.165) is 28.2 Å². The van der Waals surface area contributed by atoms with Gasteiger partial charge >= 0.3 is 0 Å². The lowest BCUT2D eigenvalue weighted by Crippen LogP contribution is -1.90. The quantitative estimate of drug-likeness (QED) is 0.715. The maximum atomic E-state index is 5.69. The van der Waals surface area contributed by atoms with Crippen LogP contribution in [0.5, 0.6) is 0 Å². The highest BCUT2D eigenvalue weighted by Gasteiger charge is 2.02. The predicted octanol–water partition coefficient (Wildman–Crippen LogP) is 3.70. The molecule has 2 N–H and O–H groups in total. The summed E-state index contributed by atoms with van der Waals surface area (Å²) in [5.41, 5.74) is 10.7. The lowest BCUT2D eigenvalue weighted by Gasteiger charge is -2.04. The zero-order chi connectivity index (χ0) is 13.9. The second-order valence-corrected chi connectivity index (χ2v) is 4.78. The van der Waals surface area contributed by atoms with Gasteiger partial charge in [0.2, 0.25) is 0 Å². The fraction of sp³-hybridized carbons (Fsp3) is 0.0588. The summed E-state index contributed by atoms with van der Waals surface area (Å²) >= 11 is 0. The van der Waals surface area contributed by atoms with Crippen molar-refractivity contribution < 1.29 is 0 Å². The molecule has 1 aromatic heterocycles. The number of nitrogen functional groups attached to an aromatic ring is 1. The lowest BCUT2D eigenvalue weighted by atomic mass is 10.1. The van der Waals surface area contributed by atoms with Gasteiger partial charge in [-0.1, -0.05) is 42.0 Å². The number of anilines is 1. The van der Waals surface area contributed by atoms with Crippen molar-refractivity contribution in [3.8, 4) is 22.5 Å². The maximum Gasteiger partial charge on any atom is 0.159 e. The Labute approximate surface area is 118 Å². The molecule has 0 fully saturated rings. The van der Waals surface area contributed by atoms with Crippen molar-refractivity contribution in [1.82, 2.24) is 9.97 Å². The van der Waals surface area contributed by atoms with Crippen molar-refractivity contribution in [3.63, 3.8) is 0 Å². The Morgan fingerprint density at radius 1 is 0.700 bits per heavy atom. The molecule has 0 radical (unpaired) electrons. The van der Waals surface area contributed by atoms with Crippen LogP contribution in [-0.2, 0) is 0 Å². The lowest BCUT2D eigenvalue weighted by molar-refractivity contribution is 1.18. The number of nitrogens with zero attached hydrogens (tertiary/aromatic N) is 2. The summed E-state index contributed by atoms with van der Waals surface area (Å²) < 4.78 is 0. The molecule has 2 aromatic carbocycles. The Balaban J connectivity index is 1.91. The Hall–Kier alpha value is -2.68. The van der Waals surface area contributed by atoms with Gasteiger partial charge in [-0.15, -0.1) is 0 Å². The van der Waals surface area contributed by atoms with Crippen LogP contribution in [0.25, 0.3) is 22.5 Å². The first-order valence-electron chi connectivity index (χ1n) is 6.47. The molecule has 3 rings (SSSR count). The third-order valence-electron chi connectivity index (χ3n) is 3.21. The minimum atomic E-state index is 0.740. The van der Waals surface area contributed by atoms with Crippen LogP contribution in [0.2, 0.25) is 0 Å². The molecule has 20 heavy (non-hydrogen) atoms. The first kappa shape index (κ1) is 12.4. The van der Waals surface area contributed by atoms with E-state index in [1.165, 1.54) is 5.56 Å². The molecule has 0 aliphatic rings. The summed E-state index contributed by atoms with van der Waals surface area (Å²) in [6.07, 6.45) is 3.68. The normalized spacial score (nSPS) is 10.4. The van der Waals surface area contributed by atoms with Gasteiger partial charge in [0.15, 0.2) is 5.82 Å². The fourth-order valence-electron chi connectivity index (χ4n) is 2.00. The van der Waals surface area contributed by atoms with E-state index in [4.69, 9.17) is 5.73 Å². The molecule has 0 spiro atoms. The molecule has 3 nitrogen and oxygen atoms in total. The molecule has 1 heterocycles. The summed E-state index contributed by atoms with van der Waals surface area (Å²) in [5, 5.41) is 0. The molecule has 0 amide bonds. The second kappa shape index (κ2) is 5.13. The van der Waals surface area contributed by atoms with E-state index in [1.807, 2.05) is 48.8 Å². The third-order valence-corrected chi connectivity index (χ3v) is 3.21. The van der Waals surface area contributed by atoms with Crippen LogP contribution in [-0.4, -0.2) is 9.97 Å². The van der Waals surface area contributed by atoms with E-state index in [1.54, 1.807) is 0 Å². The number of rotatable bonds is 2. The van der Waals surface area contributed by atoms with E-state index in [-0.39, 0.29) is 0 Å². The Morgan fingerprint density at radius 2 is 1.25 bits per heavy atom. The van der Waals surface area contributed by atoms with Crippen molar-refractivity contribution in [1.29, 1.82) is 0 Å². The number of aromatic nitrogens is 2. The molecule has 0 aliphatic heterocycles. The first-order valence-corrected chi connectivity index (χ1v) is 6.47. The van der Waals surface area contributed by atoms with Gasteiger partial charge in [-0.05, 0) is 24.6 Å². The van der Waals surface area contributed by atoms with Gasteiger partial charge in [-0.2, -0.15) is 0 Å². The molecule has 0 atom stereocenters. The van der Waals surface area contributed by atoms with Crippen LogP contribution < -0.4 is 5.73 Å². The van der Waals surface area contributed by atoms with Crippen molar-refractivity contribution in [3.05, 3.63) is 66.5 Å². The van der Waals surface area contributed by atoms with Crippen molar-refractivity contribution in [2.45, 2.75) is 6.92 Å². The number of hydrogen-bond acceptors (Lipinski definition) is 3. The van der Waals surface area contributed by atoms with Gasteiger partial charge in [0.05, 0.1) is 0 Å². The van der Waals surface area contributed by atoms with E-state index in [9.17, 15) is 0 Å². The predicted molar refractivity (Wildman–Crippen MR) is 82.1 cm³/mol. The Kier molecular flexibility index (Phi) is 3.17. The molecular weight excluding hydrogens is 246 g/mol. The highest BCUT2D eigenvalue weighted by Crippen LogP contribution is 2.21. The average molecular weight is 261 g/mol. The maximum absolute atomic E-state index is 5.69. The molecule has 0 aliphatic carbocycles. The molecule has 0 saturated heterocycles. The SMILES string of the molecule is Cc1ccc(-c2ncc(-c3ccc(N)cc3)cn2)cc1. The Bertz CT molecular complexity index is 634. The average Bonchev–Trinajstić information content (AvgIpc) is 2.49. The van der Waals surface area contributed by atoms with E-state index in [0.29, 0.717) is 0 Å². The number of nitrogens with two attached hydrogens (primary N) is 1.